The zero-order valence-corrected chi connectivity index (χ0v) is 13.5. The third kappa shape index (κ3) is 3.31. The van der Waals surface area contributed by atoms with Gasteiger partial charge in [0.05, 0.1) is 16.6 Å². The predicted molar refractivity (Wildman–Crippen MR) is 77.3 cm³/mol. The van der Waals surface area contributed by atoms with Gasteiger partial charge in [-0.25, -0.2) is 13.2 Å². The summed E-state index contributed by atoms with van der Waals surface area (Å²) in [5.74, 6) is 0. The molecule has 2 heterocycles. The van der Waals surface area contributed by atoms with Crippen LogP contribution in [0.1, 0.15) is 52.9 Å². The summed E-state index contributed by atoms with van der Waals surface area (Å²) >= 11 is 0. The fourth-order valence-electron chi connectivity index (χ4n) is 3.19. The summed E-state index contributed by atoms with van der Waals surface area (Å²) in [6, 6.07) is 2.12. The number of rotatable bonds is 1. The van der Waals surface area contributed by atoms with Crippen LogP contribution in [0.5, 0.6) is 0 Å². The van der Waals surface area contributed by atoms with Crippen LogP contribution >= 0.6 is 0 Å². The molecule has 2 atom stereocenters. The van der Waals surface area contributed by atoms with Crippen molar-refractivity contribution >= 4 is 15.9 Å². The summed E-state index contributed by atoms with van der Waals surface area (Å²) < 4.78 is 29.7. The minimum atomic E-state index is -3.16. The average molecular weight is 314 g/mol. The standard InChI is InChI=1S/C14H22N2O4S/c1-13(2,3)20-12(17)16-14(9-15)7-10-5-4-6-11(8-14)21(10,18)19/h10-11H,4-8H2,1-3H3,(H,16,17). The van der Waals surface area contributed by atoms with Crippen LogP contribution < -0.4 is 5.32 Å². The van der Waals surface area contributed by atoms with Gasteiger partial charge in [-0.15, -0.1) is 0 Å². The van der Waals surface area contributed by atoms with Crippen LogP contribution in [0.15, 0.2) is 0 Å². The largest absolute Gasteiger partial charge is 0.444 e. The zero-order valence-electron chi connectivity index (χ0n) is 12.7. The number of hydrogen-bond acceptors (Lipinski definition) is 5. The van der Waals surface area contributed by atoms with Crippen LogP contribution in [-0.2, 0) is 14.6 Å². The SMILES string of the molecule is CC(C)(C)OC(=O)NC1(C#N)CC2CCCC(C1)S2(=O)=O. The van der Waals surface area contributed by atoms with Crippen LogP contribution in [0, 0.1) is 11.3 Å². The van der Waals surface area contributed by atoms with Gasteiger partial charge in [-0.2, -0.15) is 5.26 Å². The molecule has 7 heteroatoms. The Balaban J connectivity index is 2.17. The molecule has 0 aromatic heterocycles. The monoisotopic (exact) mass is 314 g/mol. The maximum absolute atomic E-state index is 12.3. The van der Waals surface area contributed by atoms with E-state index in [0.29, 0.717) is 12.8 Å². The molecule has 1 N–H and O–H groups in total. The molecule has 0 aliphatic carbocycles. The molecular weight excluding hydrogens is 292 g/mol. The lowest BCUT2D eigenvalue weighted by Crippen LogP contribution is -2.59. The summed E-state index contributed by atoms with van der Waals surface area (Å²) in [6.45, 7) is 5.23. The van der Waals surface area contributed by atoms with E-state index in [-0.39, 0.29) is 12.8 Å². The van der Waals surface area contributed by atoms with Gasteiger partial charge in [0.15, 0.2) is 9.84 Å². The number of carbonyl (C=O) groups is 1. The van der Waals surface area contributed by atoms with Crippen molar-refractivity contribution in [1.82, 2.24) is 5.32 Å². The van der Waals surface area contributed by atoms with Gasteiger partial charge in [-0.05, 0) is 33.6 Å². The molecule has 6 nitrogen and oxygen atoms in total. The lowest BCUT2D eigenvalue weighted by atomic mass is 9.84. The van der Waals surface area contributed by atoms with Crippen LogP contribution in [0.3, 0.4) is 0 Å². The molecule has 2 saturated heterocycles. The number of nitrogens with zero attached hydrogens (tertiary/aromatic N) is 1. The van der Waals surface area contributed by atoms with Crippen LogP contribution in [0.25, 0.3) is 0 Å². The number of nitriles is 1. The summed E-state index contributed by atoms with van der Waals surface area (Å²) in [4.78, 5) is 11.9. The minimum Gasteiger partial charge on any atom is -0.444 e. The second kappa shape index (κ2) is 5.16. The van der Waals surface area contributed by atoms with E-state index in [9.17, 15) is 18.5 Å². The van der Waals surface area contributed by atoms with Gasteiger partial charge in [0.25, 0.3) is 0 Å². The van der Waals surface area contributed by atoms with E-state index < -0.39 is 37.6 Å². The molecule has 2 fully saturated rings. The van der Waals surface area contributed by atoms with Crippen molar-refractivity contribution in [3.05, 3.63) is 0 Å². The van der Waals surface area contributed by atoms with Crippen molar-refractivity contribution in [3.63, 3.8) is 0 Å². The molecule has 2 rings (SSSR count). The normalized spacial score (nSPS) is 34.6. The molecule has 0 radical (unpaired) electrons. The van der Waals surface area contributed by atoms with Gasteiger partial charge in [0.2, 0.25) is 0 Å². The highest BCUT2D eigenvalue weighted by atomic mass is 32.2. The van der Waals surface area contributed by atoms with E-state index in [1.807, 2.05) is 0 Å². The number of nitrogens with one attached hydrogen (secondary N) is 1. The third-order valence-electron chi connectivity index (χ3n) is 4.09. The Bertz CT molecular complexity index is 551. The molecule has 0 aromatic rings. The number of fused-ring (bicyclic) bond motifs is 2. The quantitative estimate of drug-likeness (QED) is 0.797. The minimum absolute atomic E-state index is 0.154. The first-order valence-corrected chi connectivity index (χ1v) is 8.84. The molecule has 118 valence electrons. The summed E-state index contributed by atoms with van der Waals surface area (Å²) in [5.41, 5.74) is -1.79. The Morgan fingerprint density at radius 1 is 1.29 bits per heavy atom. The van der Waals surface area contributed by atoms with Crippen LogP contribution in [-0.4, -0.2) is 36.2 Å². The molecule has 2 aliphatic heterocycles. The number of alkyl carbamates (subject to hydrolysis) is 1. The van der Waals surface area contributed by atoms with Gasteiger partial charge in [0, 0.05) is 12.8 Å². The topological polar surface area (TPSA) is 96.3 Å². The van der Waals surface area contributed by atoms with Crippen LogP contribution in [0.4, 0.5) is 4.79 Å². The Kier molecular flexibility index (Phi) is 3.96. The third-order valence-corrected chi connectivity index (χ3v) is 6.75. The molecule has 1 amide bonds. The lowest BCUT2D eigenvalue weighted by molar-refractivity contribution is 0.0464. The fourth-order valence-corrected chi connectivity index (χ4v) is 5.76. The van der Waals surface area contributed by atoms with E-state index in [1.165, 1.54) is 0 Å². The maximum Gasteiger partial charge on any atom is 0.408 e. The first-order valence-electron chi connectivity index (χ1n) is 7.23. The molecule has 2 bridgehead atoms. The van der Waals surface area contributed by atoms with Gasteiger partial charge >= 0.3 is 6.09 Å². The number of amides is 1. The highest BCUT2D eigenvalue weighted by molar-refractivity contribution is 7.92. The highest BCUT2D eigenvalue weighted by Gasteiger charge is 2.52. The van der Waals surface area contributed by atoms with E-state index in [1.54, 1.807) is 20.8 Å². The molecule has 2 aliphatic rings. The van der Waals surface area contributed by atoms with Gasteiger partial charge in [-0.3, -0.25) is 0 Å². The smallest absolute Gasteiger partial charge is 0.408 e. The second-order valence-electron chi connectivity index (χ2n) is 6.99. The fraction of sp³-hybridized carbons (Fsp3) is 0.857. The van der Waals surface area contributed by atoms with Gasteiger partial charge < -0.3 is 10.1 Å². The Morgan fingerprint density at radius 3 is 2.24 bits per heavy atom. The van der Waals surface area contributed by atoms with E-state index in [0.717, 1.165) is 6.42 Å². The molecule has 0 aromatic carbocycles. The first kappa shape index (κ1) is 16.1. The molecular formula is C14H22N2O4S. The zero-order chi connectivity index (χ0) is 15.9. The average Bonchev–Trinajstić information content (AvgIpc) is 2.28. The van der Waals surface area contributed by atoms with Crippen molar-refractivity contribution in [2.75, 3.05) is 0 Å². The van der Waals surface area contributed by atoms with E-state index >= 15 is 0 Å². The summed E-state index contributed by atoms with van der Waals surface area (Å²) in [6.07, 6.45) is 1.64. The number of ether oxygens (including phenoxy) is 1. The molecule has 0 spiro atoms. The Morgan fingerprint density at radius 2 is 1.81 bits per heavy atom. The number of hydrogen-bond donors (Lipinski definition) is 1. The first-order chi connectivity index (χ1) is 9.58. The highest BCUT2D eigenvalue weighted by Crippen LogP contribution is 2.41. The second-order valence-corrected chi connectivity index (χ2v) is 9.50. The van der Waals surface area contributed by atoms with Gasteiger partial charge in [-0.1, -0.05) is 6.42 Å². The van der Waals surface area contributed by atoms with E-state index in [2.05, 4.69) is 11.4 Å². The lowest BCUT2D eigenvalue weighted by Gasteiger charge is -2.43. The summed E-state index contributed by atoms with van der Waals surface area (Å²) in [5, 5.41) is 11.1. The number of carbonyl (C=O) groups excluding carboxylic acids is 1. The molecule has 0 saturated carbocycles. The summed E-state index contributed by atoms with van der Waals surface area (Å²) in [7, 11) is -3.16. The van der Waals surface area contributed by atoms with Crippen molar-refractivity contribution in [3.8, 4) is 6.07 Å². The van der Waals surface area contributed by atoms with Crippen LogP contribution in [0.2, 0.25) is 0 Å². The van der Waals surface area contributed by atoms with Crippen molar-refractivity contribution in [2.45, 2.75) is 74.5 Å². The maximum atomic E-state index is 12.3. The van der Waals surface area contributed by atoms with Crippen molar-refractivity contribution in [2.24, 2.45) is 0 Å². The van der Waals surface area contributed by atoms with Crippen molar-refractivity contribution < 1.29 is 17.9 Å². The molecule has 2 unspecified atom stereocenters. The van der Waals surface area contributed by atoms with Gasteiger partial charge in [0.1, 0.15) is 11.1 Å². The Hall–Kier alpha value is -1.29. The predicted octanol–water partition coefficient (Wildman–Crippen LogP) is 1.90. The number of sulfone groups is 1. The molecule has 21 heavy (non-hydrogen) atoms. The Labute approximate surface area is 125 Å². The van der Waals surface area contributed by atoms with Crippen molar-refractivity contribution in [1.29, 1.82) is 5.26 Å². The van der Waals surface area contributed by atoms with E-state index in [4.69, 9.17) is 4.74 Å².